The van der Waals surface area contributed by atoms with Gasteiger partial charge in [0.15, 0.2) is 36.8 Å². The SMILES string of the molecule is CC(=O)Oc1ccc(-c2coc3cc(O[C@H]4O[C@@H](CO[C@@H]5OC[C@@H](OC(C)=O)[C@H](OC(C)=O)[C@@H]5OC(C)=O)[C@H](OC(C)=O)[C@@H](OC(C)=O)[C@@H]4OC(C)=O)cc(OC(C)=O)c3c2=O)cc1. The van der Waals surface area contributed by atoms with Crippen LogP contribution < -0.4 is 19.6 Å². The zero-order valence-corrected chi connectivity index (χ0v) is 35.6. The number of carbonyl (C=O) groups is 8. The van der Waals surface area contributed by atoms with E-state index in [-0.39, 0.29) is 33.8 Å². The fourth-order valence-corrected chi connectivity index (χ4v) is 6.82. The van der Waals surface area contributed by atoms with Gasteiger partial charge < -0.3 is 61.3 Å². The second-order valence-corrected chi connectivity index (χ2v) is 14.2. The Labute approximate surface area is 363 Å². The zero-order valence-electron chi connectivity index (χ0n) is 35.6. The van der Waals surface area contributed by atoms with Gasteiger partial charge in [0.25, 0.3) is 0 Å². The van der Waals surface area contributed by atoms with Gasteiger partial charge in [-0.1, -0.05) is 12.1 Å². The Morgan fingerprint density at radius 1 is 0.578 bits per heavy atom. The predicted molar refractivity (Wildman–Crippen MR) is 209 cm³/mol. The van der Waals surface area contributed by atoms with Gasteiger partial charge in [0.2, 0.25) is 17.8 Å². The molecule has 2 aliphatic rings. The smallest absolute Gasteiger partial charge is 0.308 e. The van der Waals surface area contributed by atoms with E-state index in [0.717, 1.165) is 60.8 Å². The van der Waals surface area contributed by atoms with Crippen LogP contribution in [0.25, 0.3) is 22.1 Å². The summed E-state index contributed by atoms with van der Waals surface area (Å²) >= 11 is 0. The number of rotatable bonds is 14. The molecule has 22 heteroatoms. The Morgan fingerprint density at radius 3 is 1.67 bits per heavy atom. The first-order valence-electron chi connectivity index (χ1n) is 19.4. The average Bonchev–Trinajstić information content (AvgIpc) is 3.17. The van der Waals surface area contributed by atoms with Crippen molar-refractivity contribution in [3.63, 3.8) is 0 Å². The maximum absolute atomic E-state index is 14.0. The van der Waals surface area contributed by atoms with Crippen molar-refractivity contribution in [3.8, 4) is 28.4 Å². The summed E-state index contributed by atoms with van der Waals surface area (Å²) in [6.07, 6.45) is -12.9. The minimum atomic E-state index is -1.78. The molecule has 2 aromatic carbocycles. The van der Waals surface area contributed by atoms with E-state index in [9.17, 15) is 43.2 Å². The first-order valence-corrected chi connectivity index (χ1v) is 19.4. The van der Waals surface area contributed by atoms with Crippen LogP contribution in [0.4, 0.5) is 0 Å². The minimum absolute atomic E-state index is 0.0389. The molecule has 64 heavy (non-hydrogen) atoms. The molecule has 0 aliphatic carbocycles. The fraction of sp³-hybridized carbons (Fsp3) is 0.452. The van der Waals surface area contributed by atoms with Crippen LogP contribution in [-0.4, -0.2) is 116 Å². The summed E-state index contributed by atoms with van der Waals surface area (Å²) < 4.78 is 73.2. The van der Waals surface area contributed by atoms with Crippen LogP contribution in [0.3, 0.4) is 0 Å². The normalized spacial score (nSPS) is 24.0. The van der Waals surface area contributed by atoms with Gasteiger partial charge in [0, 0.05) is 67.5 Å². The summed E-state index contributed by atoms with van der Waals surface area (Å²) in [5, 5.41) is -0.193. The lowest BCUT2D eigenvalue weighted by Crippen LogP contribution is -2.64. The summed E-state index contributed by atoms with van der Waals surface area (Å²) in [7, 11) is 0. The highest BCUT2D eigenvalue weighted by Crippen LogP contribution is 2.36. The van der Waals surface area contributed by atoms with Crippen LogP contribution in [0.2, 0.25) is 0 Å². The lowest BCUT2D eigenvalue weighted by atomic mass is 9.98. The molecule has 0 unspecified atom stereocenters. The molecule has 2 aliphatic heterocycles. The third kappa shape index (κ3) is 12.4. The van der Waals surface area contributed by atoms with Gasteiger partial charge in [-0.2, -0.15) is 0 Å². The molecule has 0 saturated carbocycles. The monoisotopic (exact) mass is 900 g/mol. The molecule has 1 aromatic heterocycles. The van der Waals surface area contributed by atoms with E-state index in [1.807, 2.05) is 0 Å². The molecule has 0 amide bonds. The highest BCUT2D eigenvalue weighted by atomic mass is 16.8. The largest absolute Gasteiger partial charge is 0.463 e. The molecule has 2 saturated heterocycles. The highest BCUT2D eigenvalue weighted by Gasteiger charge is 2.54. The Morgan fingerprint density at radius 2 is 1.11 bits per heavy atom. The van der Waals surface area contributed by atoms with Crippen LogP contribution >= 0.6 is 0 Å². The van der Waals surface area contributed by atoms with E-state index in [4.69, 9.17) is 61.3 Å². The van der Waals surface area contributed by atoms with Crippen molar-refractivity contribution in [3.05, 3.63) is 52.9 Å². The molecule has 9 atom stereocenters. The molecule has 0 N–H and O–H groups in total. The second kappa shape index (κ2) is 21.0. The zero-order chi connectivity index (χ0) is 47.0. The number of esters is 8. The van der Waals surface area contributed by atoms with Crippen LogP contribution in [0, 0.1) is 0 Å². The van der Waals surface area contributed by atoms with Crippen molar-refractivity contribution >= 4 is 58.7 Å². The number of benzene rings is 2. The van der Waals surface area contributed by atoms with E-state index in [0.29, 0.717) is 5.56 Å². The van der Waals surface area contributed by atoms with E-state index in [1.165, 1.54) is 37.3 Å². The molecule has 3 aromatic rings. The first kappa shape index (κ1) is 48.1. The minimum Gasteiger partial charge on any atom is -0.463 e. The topological polar surface area (TPSA) is 278 Å². The fourth-order valence-electron chi connectivity index (χ4n) is 6.82. The van der Waals surface area contributed by atoms with Gasteiger partial charge in [-0.3, -0.25) is 43.2 Å². The number of hydrogen-bond donors (Lipinski definition) is 0. The molecule has 3 heterocycles. The third-order valence-corrected chi connectivity index (χ3v) is 8.97. The van der Waals surface area contributed by atoms with E-state index >= 15 is 0 Å². The molecule has 0 bridgehead atoms. The quantitative estimate of drug-likeness (QED) is 0.128. The number of ether oxygens (including phenoxy) is 12. The second-order valence-electron chi connectivity index (χ2n) is 14.2. The van der Waals surface area contributed by atoms with Crippen molar-refractivity contribution in [1.29, 1.82) is 0 Å². The highest BCUT2D eigenvalue weighted by molar-refractivity contribution is 5.90. The number of fused-ring (bicyclic) bond motifs is 1. The van der Waals surface area contributed by atoms with Gasteiger partial charge in [-0.25, -0.2) is 0 Å². The van der Waals surface area contributed by atoms with E-state index in [1.54, 1.807) is 0 Å². The molecular weight excluding hydrogens is 856 g/mol. The van der Waals surface area contributed by atoms with Crippen molar-refractivity contribution in [2.45, 2.75) is 111 Å². The Kier molecular flexibility index (Phi) is 15.8. The van der Waals surface area contributed by atoms with Crippen LogP contribution in [-0.2, 0) is 81.0 Å². The maximum atomic E-state index is 14.0. The molecule has 5 rings (SSSR count). The molecular formula is C42H44O22. The van der Waals surface area contributed by atoms with E-state index in [2.05, 4.69) is 0 Å². The predicted octanol–water partition coefficient (Wildman–Crippen LogP) is 2.38. The summed E-state index contributed by atoms with van der Waals surface area (Å²) in [4.78, 5) is 112. The average molecular weight is 901 g/mol. The summed E-state index contributed by atoms with van der Waals surface area (Å²) in [5.74, 6) is -6.93. The van der Waals surface area contributed by atoms with Crippen molar-refractivity contribution in [2.24, 2.45) is 0 Å². The Bertz CT molecular complexity index is 2330. The molecule has 344 valence electrons. The number of hydrogen-bond acceptors (Lipinski definition) is 22. The summed E-state index contributed by atoms with van der Waals surface area (Å²) in [6, 6.07) is 8.30. The first-order chi connectivity index (χ1) is 30.2. The third-order valence-electron chi connectivity index (χ3n) is 8.97. The lowest BCUT2D eigenvalue weighted by molar-refractivity contribution is -0.313. The van der Waals surface area contributed by atoms with Gasteiger partial charge in [-0.15, -0.1) is 0 Å². The van der Waals surface area contributed by atoms with Crippen LogP contribution in [0.1, 0.15) is 55.4 Å². The van der Waals surface area contributed by atoms with Crippen molar-refractivity contribution in [1.82, 2.24) is 0 Å². The molecule has 22 nitrogen and oxygen atoms in total. The number of carbonyl (C=O) groups excluding carboxylic acids is 8. The molecule has 0 spiro atoms. The molecule has 2 fully saturated rings. The molecule has 0 radical (unpaired) electrons. The van der Waals surface area contributed by atoms with Gasteiger partial charge in [-0.05, 0) is 17.7 Å². The Hall–Kier alpha value is -6.91. The van der Waals surface area contributed by atoms with Crippen molar-refractivity contribution < 1.29 is 99.6 Å². The summed E-state index contributed by atoms with van der Waals surface area (Å²) in [5.41, 5.74) is -0.401. The lowest BCUT2D eigenvalue weighted by Gasteiger charge is -2.45. The van der Waals surface area contributed by atoms with E-state index < -0.39 is 122 Å². The van der Waals surface area contributed by atoms with Gasteiger partial charge in [0.05, 0.1) is 18.8 Å². The maximum Gasteiger partial charge on any atom is 0.308 e. The standard InChI is InChI=1S/C42H44O22/c1-18(43)55-27-11-9-26(10-12-27)29-15-52-30-13-28(14-31(56-19(2)44)34(30)35(29)51)63-42-40(62-25(8)50)38(60-23(6)48)36(58-21(4)46)33(64-42)17-54-41-39(61-24(7)49)37(59-22(5)47)32(16-53-41)57-20(3)45/h9-15,32-33,36-42H,16-17H2,1-8H3/t32-,33+,36+,37+,38-,39+,40+,41+,42+/m1/s1. The van der Waals surface area contributed by atoms with Gasteiger partial charge in [0.1, 0.15) is 40.6 Å². The van der Waals surface area contributed by atoms with Crippen molar-refractivity contribution in [2.75, 3.05) is 13.2 Å². The Balaban J connectivity index is 1.55. The van der Waals surface area contributed by atoms with Crippen LogP contribution in [0.15, 0.2) is 51.9 Å². The van der Waals surface area contributed by atoms with Gasteiger partial charge >= 0.3 is 47.8 Å². The van der Waals surface area contributed by atoms with Crippen LogP contribution in [0.5, 0.6) is 17.2 Å². The summed E-state index contributed by atoms with van der Waals surface area (Å²) in [6.45, 7) is 7.55.